The number of nitrogens with zero attached hydrogens (tertiary/aromatic N) is 3. The largest absolute Gasteiger partial charge is 0.324 e. The summed E-state index contributed by atoms with van der Waals surface area (Å²) in [4.78, 5) is 14.5. The van der Waals surface area contributed by atoms with Crippen molar-refractivity contribution in [2.24, 2.45) is 0 Å². The Morgan fingerprint density at radius 1 is 1.00 bits per heavy atom. The number of nitrogens with one attached hydrogen (secondary N) is 1. The first-order valence-corrected chi connectivity index (χ1v) is 10.6. The third-order valence-corrected chi connectivity index (χ3v) is 6.10. The Labute approximate surface area is 175 Å². The summed E-state index contributed by atoms with van der Waals surface area (Å²) >= 11 is 8.88. The van der Waals surface area contributed by atoms with E-state index in [4.69, 9.17) is 11.6 Å². The number of para-hydroxylation sites is 1. The van der Waals surface area contributed by atoms with E-state index in [0.717, 1.165) is 21.1 Å². The number of amides is 1. The summed E-state index contributed by atoms with van der Waals surface area (Å²) in [7, 11) is 0. The molecule has 2 aromatic heterocycles. The summed E-state index contributed by atoms with van der Waals surface area (Å²) in [6, 6.07) is 21.0. The fourth-order valence-corrected chi connectivity index (χ4v) is 4.27. The lowest BCUT2D eigenvalue weighted by Crippen LogP contribution is -2.14. The molecular weight excluding hydrogens is 412 g/mol. The highest BCUT2D eigenvalue weighted by Crippen LogP contribution is 2.34. The molecule has 0 aliphatic carbocycles. The minimum absolute atomic E-state index is 0.0955. The number of hydrogen-bond donors (Lipinski definition) is 1. The number of pyridine rings is 1. The Kier molecular flexibility index (Phi) is 5.85. The number of carbonyl (C=O) groups is 1. The number of halogens is 1. The van der Waals surface area contributed by atoms with Gasteiger partial charge >= 0.3 is 0 Å². The monoisotopic (exact) mass is 426 g/mol. The molecule has 140 valence electrons. The van der Waals surface area contributed by atoms with Crippen LogP contribution in [0.4, 0.5) is 5.69 Å². The zero-order valence-electron chi connectivity index (χ0n) is 14.6. The smallest absolute Gasteiger partial charge is 0.234 e. The Morgan fingerprint density at radius 3 is 2.64 bits per heavy atom. The van der Waals surface area contributed by atoms with Gasteiger partial charge in [0, 0.05) is 21.0 Å². The Balaban J connectivity index is 1.42. The second-order valence-electron chi connectivity index (χ2n) is 5.80. The van der Waals surface area contributed by atoms with Gasteiger partial charge in [0.05, 0.1) is 11.4 Å². The Morgan fingerprint density at radius 2 is 1.79 bits per heavy atom. The average Bonchev–Trinajstić information content (AvgIpc) is 3.13. The number of carbonyl (C=O) groups excluding carboxylic acids is 1. The molecule has 0 atom stereocenters. The van der Waals surface area contributed by atoms with Gasteiger partial charge in [-0.25, -0.2) is 0 Å². The van der Waals surface area contributed by atoms with Crippen molar-refractivity contribution in [3.8, 4) is 0 Å². The van der Waals surface area contributed by atoms with Crippen LogP contribution in [0.3, 0.4) is 0 Å². The standard InChI is InChI=1S/C20H15ClN4OS2/c21-14-8-10-15(11-9-14)28-17-6-2-1-5-16(17)22-19(26)13-27-20-24-23-18-7-3-4-12-25(18)20/h1-12H,13H2,(H,22,26). The summed E-state index contributed by atoms with van der Waals surface area (Å²) < 4.78 is 1.86. The molecule has 0 bridgehead atoms. The van der Waals surface area contributed by atoms with Gasteiger partial charge in [0.1, 0.15) is 0 Å². The van der Waals surface area contributed by atoms with Crippen molar-refractivity contribution < 1.29 is 4.79 Å². The van der Waals surface area contributed by atoms with Gasteiger partial charge in [-0.05, 0) is 48.5 Å². The van der Waals surface area contributed by atoms with E-state index in [1.165, 1.54) is 11.8 Å². The second kappa shape index (κ2) is 8.68. The number of fused-ring (bicyclic) bond motifs is 1. The summed E-state index contributed by atoms with van der Waals surface area (Å²) in [5.41, 5.74) is 1.54. The summed E-state index contributed by atoms with van der Waals surface area (Å²) in [5.74, 6) is 0.150. The van der Waals surface area contributed by atoms with Gasteiger partial charge < -0.3 is 5.32 Å². The zero-order valence-corrected chi connectivity index (χ0v) is 17.0. The molecule has 1 amide bonds. The normalized spacial score (nSPS) is 10.9. The number of aromatic nitrogens is 3. The van der Waals surface area contributed by atoms with Crippen molar-refractivity contribution in [3.63, 3.8) is 0 Å². The van der Waals surface area contributed by atoms with E-state index in [9.17, 15) is 4.79 Å². The molecule has 0 fully saturated rings. The molecular formula is C20H15ClN4OS2. The lowest BCUT2D eigenvalue weighted by atomic mass is 10.3. The average molecular weight is 427 g/mol. The number of thioether (sulfide) groups is 1. The van der Waals surface area contributed by atoms with Crippen LogP contribution in [0.25, 0.3) is 5.65 Å². The predicted molar refractivity (Wildman–Crippen MR) is 114 cm³/mol. The van der Waals surface area contributed by atoms with Crippen LogP contribution in [0.15, 0.2) is 87.9 Å². The van der Waals surface area contributed by atoms with Crippen molar-refractivity contribution in [1.29, 1.82) is 0 Å². The maximum absolute atomic E-state index is 12.5. The lowest BCUT2D eigenvalue weighted by Gasteiger charge is -2.10. The molecule has 0 aliphatic heterocycles. The van der Waals surface area contributed by atoms with Crippen molar-refractivity contribution in [2.45, 2.75) is 14.9 Å². The molecule has 0 radical (unpaired) electrons. The molecule has 0 saturated carbocycles. The van der Waals surface area contributed by atoms with E-state index >= 15 is 0 Å². The Bertz CT molecular complexity index is 1110. The van der Waals surface area contributed by atoms with Gasteiger partial charge in [-0.1, -0.05) is 53.3 Å². The zero-order chi connectivity index (χ0) is 19.3. The van der Waals surface area contributed by atoms with Gasteiger partial charge in [-0.15, -0.1) is 10.2 Å². The summed E-state index contributed by atoms with van der Waals surface area (Å²) in [6.45, 7) is 0. The number of hydrogen-bond acceptors (Lipinski definition) is 5. The fraction of sp³-hybridized carbons (Fsp3) is 0.0500. The van der Waals surface area contributed by atoms with Crippen LogP contribution < -0.4 is 5.32 Å². The first-order valence-electron chi connectivity index (χ1n) is 8.44. The molecule has 4 rings (SSSR count). The molecule has 1 N–H and O–H groups in total. The molecule has 2 heterocycles. The van der Waals surface area contributed by atoms with Crippen molar-refractivity contribution >= 4 is 52.4 Å². The van der Waals surface area contributed by atoms with Crippen LogP contribution in [0, 0.1) is 0 Å². The molecule has 4 aromatic rings. The minimum Gasteiger partial charge on any atom is -0.324 e. The van der Waals surface area contributed by atoms with Crippen molar-refractivity contribution in [2.75, 3.05) is 11.1 Å². The third-order valence-electron chi connectivity index (χ3n) is 3.82. The molecule has 0 aliphatic rings. The topological polar surface area (TPSA) is 59.3 Å². The van der Waals surface area contributed by atoms with E-state index < -0.39 is 0 Å². The highest BCUT2D eigenvalue weighted by molar-refractivity contribution is 8.00. The van der Waals surface area contributed by atoms with Crippen molar-refractivity contribution in [3.05, 3.63) is 77.9 Å². The Hall–Kier alpha value is -2.48. The minimum atomic E-state index is -0.0955. The van der Waals surface area contributed by atoms with Gasteiger partial charge in [-0.2, -0.15) is 0 Å². The van der Waals surface area contributed by atoms with E-state index in [2.05, 4.69) is 15.5 Å². The fourth-order valence-electron chi connectivity index (χ4n) is 2.52. The quantitative estimate of drug-likeness (QED) is 0.426. The molecule has 28 heavy (non-hydrogen) atoms. The predicted octanol–water partition coefficient (Wildman–Crippen LogP) is 5.26. The molecule has 5 nitrogen and oxygen atoms in total. The highest BCUT2D eigenvalue weighted by atomic mass is 35.5. The van der Waals surface area contributed by atoms with Gasteiger partial charge in [0.25, 0.3) is 0 Å². The molecule has 8 heteroatoms. The van der Waals surface area contributed by atoms with Gasteiger partial charge in [0.2, 0.25) is 5.91 Å². The highest BCUT2D eigenvalue weighted by Gasteiger charge is 2.11. The van der Waals surface area contributed by atoms with Gasteiger partial charge in [-0.3, -0.25) is 9.20 Å². The van der Waals surface area contributed by atoms with E-state index in [0.29, 0.717) is 10.2 Å². The number of anilines is 1. The van der Waals surface area contributed by atoms with Crippen molar-refractivity contribution in [1.82, 2.24) is 14.6 Å². The maximum Gasteiger partial charge on any atom is 0.234 e. The second-order valence-corrected chi connectivity index (χ2v) is 8.29. The van der Waals surface area contributed by atoms with Crippen LogP contribution in [0.2, 0.25) is 5.02 Å². The molecule has 2 aromatic carbocycles. The van der Waals surface area contributed by atoms with E-state index in [1.54, 1.807) is 11.8 Å². The van der Waals surface area contributed by atoms with Crippen LogP contribution in [0.5, 0.6) is 0 Å². The van der Waals surface area contributed by atoms with Crippen LogP contribution >= 0.6 is 35.1 Å². The van der Waals surface area contributed by atoms with Crippen LogP contribution in [0.1, 0.15) is 0 Å². The van der Waals surface area contributed by atoms with Crippen LogP contribution in [-0.4, -0.2) is 26.3 Å². The van der Waals surface area contributed by atoms with Crippen LogP contribution in [-0.2, 0) is 4.79 Å². The first-order chi connectivity index (χ1) is 13.7. The first kappa shape index (κ1) is 18.9. The lowest BCUT2D eigenvalue weighted by molar-refractivity contribution is -0.113. The SMILES string of the molecule is O=C(CSc1nnc2ccccn12)Nc1ccccc1Sc1ccc(Cl)cc1. The third kappa shape index (κ3) is 4.49. The number of benzene rings is 2. The maximum atomic E-state index is 12.5. The van der Waals surface area contributed by atoms with Gasteiger partial charge in [0.15, 0.2) is 10.8 Å². The summed E-state index contributed by atoms with van der Waals surface area (Å²) in [6.07, 6.45) is 1.88. The number of rotatable bonds is 6. The molecule has 0 spiro atoms. The van der Waals surface area contributed by atoms with E-state index in [1.807, 2.05) is 77.3 Å². The molecule has 0 unspecified atom stereocenters. The van der Waals surface area contributed by atoms with E-state index in [-0.39, 0.29) is 11.7 Å². The molecule has 0 saturated heterocycles. The summed E-state index contributed by atoms with van der Waals surface area (Å²) in [5, 5.41) is 12.6.